The van der Waals surface area contributed by atoms with Crippen molar-refractivity contribution in [3.05, 3.63) is 23.8 Å². The van der Waals surface area contributed by atoms with E-state index >= 15 is 0 Å². The van der Waals surface area contributed by atoms with E-state index in [1.54, 1.807) is 0 Å². The molecular weight excluding hydrogens is 268 g/mol. The van der Waals surface area contributed by atoms with E-state index in [1.807, 2.05) is 4.61 Å². The van der Waals surface area contributed by atoms with Crippen LogP contribution in [0.4, 0.5) is 0 Å². The van der Waals surface area contributed by atoms with Crippen LogP contribution in [0.3, 0.4) is 0 Å². The van der Waals surface area contributed by atoms with Gasteiger partial charge in [0.25, 0.3) is 0 Å². The predicted molar refractivity (Wildman–Crippen MR) is 48.8 cm³/mol. The SMILES string of the molecule is C[C@@H]1CC=CC=C1[CH]=[Ru]([Cl])[Cl]. The van der Waals surface area contributed by atoms with Crippen LogP contribution < -0.4 is 0 Å². The van der Waals surface area contributed by atoms with E-state index in [2.05, 4.69) is 25.2 Å². The molecule has 0 fully saturated rings. The molecule has 0 spiro atoms. The van der Waals surface area contributed by atoms with Crippen molar-refractivity contribution in [1.82, 2.24) is 0 Å². The maximum absolute atomic E-state index is 5.76. The van der Waals surface area contributed by atoms with Gasteiger partial charge in [-0.05, 0) is 0 Å². The summed E-state index contributed by atoms with van der Waals surface area (Å²) in [5, 5.41) is 0. The van der Waals surface area contributed by atoms with Gasteiger partial charge in [0.15, 0.2) is 0 Å². The molecule has 0 heterocycles. The van der Waals surface area contributed by atoms with E-state index in [1.165, 1.54) is 5.57 Å². The van der Waals surface area contributed by atoms with Crippen LogP contribution in [-0.4, -0.2) is 4.61 Å². The number of halogens is 2. The molecule has 0 aromatic carbocycles. The quantitative estimate of drug-likeness (QED) is 0.646. The van der Waals surface area contributed by atoms with Crippen LogP contribution in [0.25, 0.3) is 0 Å². The average Bonchev–Trinajstić information content (AvgIpc) is 1.93. The van der Waals surface area contributed by atoms with Gasteiger partial charge in [-0.15, -0.1) is 0 Å². The van der Waals surface area contributed by atoms with E-state index in [9.17, 15) is 0 Å². The van der Waals surface area contributed by atoms with Gasteiger partial charge in [-0.2, -0.15) is 0 Å². The molecule has 0 radical (unpaired) electrons. The van der Waals surface area contributed by atoms with Crippen molar-refractivity contribution in [2.24, 2.45) is 5.92 Å². The summed E-state index contributed by atoms with van der Waals surface area (Å²) in [4.78, 5) is 0. The van der Waals surface area contributed by atoms with Crippen LogP contribution in [0.15, 0.2) is 23.8 Å². The molecule has 0 amide bonds. The van der Waals surface area contributed by atoms with E-state index in [0.717, 1.165) is 6.42 Å². The first kappa shape index (κ1) is 9.64. The van der Waals surface area contributed by atoms with Crippen molar-refractivity contribution in [2.45, 2.75) is 13.3 Å². The van der Waals surface area contributed by atoms with Gasteiger partial charge in [-0.1, -0.05) is 0 Å². The van der Waals surface area contributed by atoms with E-state index in [4.69, 9.17) is 19.4 Å². The molecule has 11 heavy (non-hydrogen) atoms. The molecule has 1 rings (SSSR count). The van der Waals surface area contributed by atoms with Gasteiger partial charge in [0.2, 0.25) is 0 Å². The Kier molecular flexibility index (Phi) is 3.99. The number of hydrogen-bond donors (Lipinski definition) is 0. The molecular formula is C8H10Cl2Ru. The van der Waals surface area contributed by atoms with Crippen molar-refractivity contribution < 1.29 is 13.5 Å². The van der Waals surface area contributed by atoms with Crippen molar-refractivity contribution >= 4 is 24.0 Å². The molecule has 0 nitrogen and oxygen atoms in total. The number of rotatable bonds is 1. The molecule has 0 bridgehead atoms. The zero-order valence-corrected chi connectivity index (χ0v) is 9.45. The summed E-state index contributed by atoms with van der Waals surface area (Å²) in [5.41, 5.74) is 1.30. The van der Waals surface area contributed by atoms with Gasteiger partial charge in [-0.25, -0.2) is 0 Å². The van der Waals surface area contributed by atoms with Crippen LogP contribution in [0.2, 0.25) is 0 Å². The summed E-state index contributed by atoms with van der Waals surface area (Å²) in [6.07, 6.45) is 7.44. The van der Waals surface area contributed by atoms with Crippen molar-refractivity contribution in [1.29, 1.82) is 0 Å². The molecule has 64 valence electrons. The molecule has 1 aliphatic rings. The molecule has 0 unspecified atom stereocenters. The number of hydrogen-bond acceptors (Lipinski definition) is 0. The summed E-state index contributed by atoms with van der Waals surface area (Å²) >= 11 is -1.60. The molecule has 0 aliphatic heterocycles. The van der Waals surface area contributed by atoms with Crippen LogP contribution in [0, 0.1) is 5.92 Å². The first-order chi connectivity index (χ1) is 5.20. The standard InChI is InChI=1S/C8H10.2ClH.Ru/c1-7-5-3-4-6-8(7)2;;;/h1,3-5,8H,6H2,2H3;2*1H;/q;;;+2/p-2/t8-;;;/m1.../s1. The van der Waals surface area contributed by atoms with Crippen LogP contribution in [0.5, 0.6) is 0 Å². The second-order valence-electron chi connectivity index (χ2n) is 2.54. The maximum atomic E-state index is 5.76. The molecule has 0 aromatic heterocycles. The minimum absolute atomic E-state index is 0.591. The topological polar surface area (TPSA) is 0 Å². The Bertz CT molecular complexity index is 224. The monoisotopic (exact) mass is 278 g/mol. The second-order valence-corrected chi connectivity index (χ2v) is 8.26. The third-order valence-electron chi connectivity index (χ3n) is 1.68. The van der Waals surface area contributed by atoms with Gasteiger partial charge in [0.1, 0.15) is 0 Å². The van der Waals surface area contributed by atoms with Gasteiger partial charge in [0.05, 0.1) is 0 Å². The summed E-state index contributed by atoms with van der Waals surface area (Å²) in [6.45, 7) is 2.19. The summed E-state index contributed by atoms with van der Waals surface area (Å²) < 4.78 is 2.03. The van der Waals surface area contributed by atoms with Crippen molar-refractivity contribution in [3.63, 3.8) is 0 Å². The Morgan fingerprint density at radius 1 is 1.64 bits per heavy atom. The zero-order valence-electron chi connectivity index (χ0n) is 6.20. The number of allylic oxidation sites excluding steroid dienone is 4. The van der Waals surface area contributed by atoms with Crippen LogP contribution in [0.1, 0.15) is 13.3 Å². The van der Waals surface area contributed by atoms with Crippen molar-refractivity contribution in [3.8, 4) is 0 Å². The molecule has 0 aromatic rings. The van der Waals surface area contributed by atoms with E-state index in [-0.39, 0.29) is 0 Å². The van der Waals surface area contributed by atoms with Gasteiger partial charge >= 0.3 is 80.6 Å². The third-order valence-corrected chi connectivity index (χ3v) is 3.55. The molecule has 1 aliphatic carbocycles. The minimum atomic E-state index is -1.60. The zero-order chi connectivity index (χ0) is 8.27. The Balaban J connectivity index is 2.76. The first-order valence-corrected chi connectivity index (χ1v) is 8.88. The normalized spacial score (nSPS) is 24.5. The second kappa shape index (κ2) is 4.55. The Hall–Kier alpha value is 0.553. The van der Waals surface area contributed by atoms with Crippen molar-refractivity contribution in [2.75, 3.05) is 0 Å². The fourth-order valence-electron chi connectivity index (χ4n) is 0.986. The van der Waals surface area contributed by atoms with E-state index in [0.29, 0.717) is 5.92 Å². The summed E-state index contributed by atoms with van der Waals surface area (Å²) in [5.74, 6) is 0.591. The fourth-order valence-corrected chi connectivity index (χ4v) is 3.14. The van der Waals surface area contributed by atoms with Gasteiger partial charge in [-0.3, -0.25) is 0 Å². The molecule has 0 saturated heterocycles. The predicted octanol–water partition coefficient (Wildman–Crippen LogP) is 3.24. The fraction of sp³-hybridized carbons (Fsp3) is 0.375. The van der Waals surface area contributed by atoms with Crippen LogP contribution >= 0.6 is 19.4 Å². The average molecular weight is 278 g/mol. The summed E-state index contributed by atoms with van der Waals surface area (Å²) in [6, 6.07) is 0. The van der Waals surface area contributed by atoms with E-state index < -0.39 is 13.5 Å². The van der Waals surface area contributed by atoms with Gasteiger partial charge in [0, 0.05) is 0 Å². The Morgan fingerprint density at radius 2 is 2.36 bits per heavy atom. The molecule has 0 N–H and O–H groups in total. The Labute approximate surface area is 80.4 Å². The molecule has 3 heteroatoms. The van der Waals surface area contributed by atoms with Crippen LogP contribution in [-0.2, 0) is 13.5 Å². The third kappa shape index (κ3) is 3.19. The molecule has 1 atom stereocenters. The Morgan fingerprint density at radius 3 is 2.91 bits per heavy atom. The van der Waals surface area contributed by atoms with Gasteiger partial charge < -0.3 is 0 Å². The summed E-state index contributed by atoms with van der Waals surface area (Å²) in [7, 11) is 11.5. The first-order valence-electron chi connectivity index (χ1n) is 3.40. The molecule has 0 saturated carbocycles.